The van der Waals surface area contributed by atoms with Gasteiger partial charge in [0, 0.05) is 12.6 Å². The average molecular weight is 201 g/mol. The van der Waals surface area contributed by atoms with Crippen LogP contribution in [-0.2, 0) is 4.74 Å². The number of hydrogen-bond acceptors (Lipinski definition) is 2. The molecule has 2 atom stereocenters. The van der Waals surface area contributed by atoms with Gasteiger partial charge in [0.15, 0.2) is 0 Å². The van der Waals surface area contributed by atoms with Crippen LogP contribution in [-0.4, -0.2) is 25.3 Å². The van der Waals surface area contributed by atoms with Gasteiger partial charge in [0.2, 0.25) is 0 Å². The van der Waals surface area contributed by atoms with Crippen molar-refractivity contribution in [3.05, 3.63) is 0 Å². The molecule has 2 unspecified atom stereocenters. The molecule has 2 nitrogen and oxygen atoms in total. The highest BCUT2D eigenvalue weighted by Gasteiger charge is 2.10. The van der Waals surface area contributed by atoms with E-state index in [1.165, 1.54) is 25.7 Å². The molecule has 0 saturated carbocycles. The molecule has 0 saturated heterocycles. The standard InChI is InChI=1S/C12H27NO/c1-5-7-8-10-14-12(4)11(3)13-9-6-2/h11-13H,5-10H2,1-4H3. The van der Waals surface area contributed by atoms with Crippen LogP contribution in [0.1, 0.15) is 53.4 Å². The molecule has 0 amide bonds. The zero-order valence-corrected chi connectivity index (χ0v) is 10.3. The van der Waals surface area contributed by atoms with Gasteiger partial charge < -0.3 is 10.1 Å². The zero-order chi connectivity index (χ0) is 10.8. The van der Waals surface area contributed by atoms with Crippen molar-refractivity contribution in [1.82, 2.24) is 5.32 Å². The molecule has 1 N–H and O–H groups in total. The molecule has 0 aliphatic heterocycles. The SMILES string of the molecule is CCCCCOC(C)C(C)NCCC. The molecule has 86 valence electrons. The smallest absolute Gasteiger partial charge is 0.0697 e. The molecule has 0 aromatic heterocycles. The lowest BCUT2D eigenvalue weighted by atomic mass is 10.2. The molecule has 2 heteroatoms. The van der Waals surface area contributed by atoms with E-state index in [0.29, 0.717) is 12.1 Å². The van der Waals surface area contributed by atoms with Crippen molar-refractivity contribution in [3.63, 3.8) is 0 Å². The van der Waals surface area contributed by atoms with E-state index >= 15 is 0 Å². The quantitative estimate of drug-likeness (QED) is 0.579. The van der Waals surface area contributed by atoms with E-state index in [1.54, 1.807) is 0 Å². The molecular formula is C12H27NO. The largest absolute Gasteiger partial charge is 0.377 e. The maximum Gasteiger partial charge on any atom is 0.0697 e. The lowest BCUT2D eigenvalue weighted by molar-refractivity contribution is 0.0411. The maximum atomic E-state index is 5.74. The predicted octanol–water partition coefficient (Wildman–Crippen LogP) is 2.97. The first-order chi connectivity index (χ1) is 6.72. The highest BCUT2D eigenvalue weighted by Crippen LogP contribution is 2.01. The van der Waals surface area contributed by atoms with Gasteiger partial charge >= 0.3 is 0 Å². The van der Waals surface area contributed by atoms with E-state index in [0.717, 1.165) is 13.2 Å². The lowest BCUT2D eigenvalue weighted by Crippen LogP contribution is -2.37. The van der Waals surface area contributed by atoms with E-state index in [1.807, 2.05) is 0 Å². The van der Waals surface area contributed by atoms with Gasteiger partial charge in [-0.3, -0.25) is 0 Å². The van der Waals surface area contributed by atoms with Gasteiger partial charge in [-0.05, 0) is 33.2 Å². The second-order valence-corrected chi connectivity index (χ2v) is 4.03. The molecule has 0 fully saturated rings. The summed E-state index contributed by atoms with van der Waals surface area (Å²) in [5, 5.41) is 3.45. The summed E-state index contributed by atoms with van der Waals surface area (Å²) in [7, 11) is 0. The molecule has 0 rings (SSSR count). The maximum absolute atomic E-state index is 5.74. The number of unbranched alkanes of at least 4 members (excludes halogenated alkanes) is 2. The molecule has 0 aliphatic carbocycles. The molecule has 0 radical (unpaired) electrons. The first-order valence-electron chi connectivity index (χ1n) is 6.07. The van der Waals surface area contributed by atoms with Crippen LogP contribution in [0, 0.1) is 0 Å². The summed E-state index contributed by atoms with van der Waals surface area (Å²) >= 11 is 0. The molecule has 0 aliphatic rings. The van der Waals surface area contributed by atoms with Crippen molar-refractivity contribution < 1.29 is 4.74 Å². The fraction of sp³-hybridized carbons (Fsp3) is 1.00. The van der Waals surface area contributed by atoms with Crippen LogP contribution in [0.2, 0.25) is 0 Å². The summed E-state index contributed by atoms with van der Waals surface area (Å²) in [6.07, 6.45) is 5.26. The van der Waals surface area contributed by atoms with Gasteiger partial charge in [0.05, 0.1) is 6.10 Å². The number of nitrogens with one attached hydrogen (secondary N) is 1. The summed E-state index contributed by atoms with van der Waals surface area (Å²) in [4.78, 5) is 0. The Bertz CT molecular complexity index is 117. The van der Waals surface area contributed by atoms with Crippen molar-refractivity contribution in [2.45, 2.75) is 65.5 Å². The molecule has 0 spiro atoms. The van der Waals surface area contributed by atoms with E-state index in [-0.39, 0.29) is 0 Å². The van der Waals surface area contributed by atoms with Crippen LogP contribution in [0.5, 0.6) is 0 Å². The second-order valence-electron chi connectivity index (χ2n) is 4.03. The monoisotopic (exact) mass is 201 g/mol. The van der Waals surface area contributed by atoms with Crippen molar-refractivity contribution in [2.75, 3.05) is 13.2 Å². The van der Waals surface area contributed by atoms with E-state index in [4.69, 9.17) is 4.74 Å². The minimum Gasteiger partial charge on any atom is -0.377 e. The summed E-state index contributed by atoms with van der Waals surface area (Å²) in [6, 6.07) is 0.469. The van der Waals surface area contributed by atoms with Gasteiger partial charge in [-0.25, -0.2) is 0 Å². The lowest BCUT2D eigenvalue weighted by Gasteiger charge is -2.21. The van der Waals surface area contributed by atoms with E-state index < -0.39 is 0 Å². The minimum atomic E-state index is 0.332. The van der Waals surface area contributed by atoms with Gasteiger partial charge in [0.1, 0.15) is 0 Å². The summed E-state index contributed by atoms with van der Waals surface area (Å²) in [5.74, 6) is 0. The van der Waals surface area contributed by atoms with Crippen LogP contribution in [0.3, 0.4) is 0 Å². The Labute approximate surface area is 89.4 Å². The third-order valence-corrected chi connectivity index (χ3v) is 2.55. The molecule has 0 aromatic rings. The Morgan fingerprint density at radius 2 is 1.79 bits per heavy atom. The van der Waals surface area contributed by atoms with Gasteiger partial charge in [-0.2, -0.15) is 0 Å². The Morgan fingerprint density at radius 3 is 2.36 bits per heavy atom. The zero-order valence-electron chi connectivity index (χ0n) is 10.3. The fourth-order valence-electron chi connectivity index (χ4n) is 1.30. The molecule has 0 bridgehead atoms. The average Bonchev–Trinajstić information content (AvgIpc) is 2.20. The highest BCUT2D eigenvalue weighted by atomic mass is 16.5. The van der Waals surface area contributed by atoms with Crippen LogP contribution >= 0.6 is 0 Å². The molecule has 0 aromatic carbocycles. The Balaban J connectivity index is 3.36. The van der Waals surface area contributed by atoms with Gasteiger partial charge in [-0.1, -0.05) is 26.7 Å². The van der Waals surface area contributed by atoms with Gasteiger partial charge in [0.25, 0.3) is 0 Å². The third-order valence-electron chi connectivity index (χ3n) is 2.55. The van der Waals surface area contributed by atoms with Crippen LogP contribution in [0.4, 0.5) is 0 Å². The minimum absolute atomic E-state index is 0.332. The normalized spacial score (nSPS) is 15.4. The molecule has 0 heterocycles. The van der Waals surface area contributed by atoms with Gasteiger partial charge in [-0.15, -0.1) is 0 Å². The van der Waals surface area contributed by atoms with Crippen molar-refractivity contribution >= 4 is 0 Å². The molecular weight excluding hydrogens is 174 g/mol. The van der Waals surface area contributed by atoms with Crippen LogP contribution < -0.4 is 5.32 Å². The predicted molar refractivity (Wildman–Crippen MR) is 62.7 cm³/mol. The van der Waals surface area contributed by atoms with Crippen LogP contribution in [0.25, 0.3) is 0 Å². The number of rotatable bonds is 9. The number of ether oxygens (including phenoxy) is 1. The number of hydrogen-bond donors (Lipinski definition) is 1. The van der Waals surface area contributed by atoms with E-state index in [9.17, 15) is 0 Å². The van der Waals surface area contributed by atoms with Crippen molar-refractivity contribution in [2.24, 2.45) is 0 Å². The van der Waals surface area contributed by atoms with Crippen molar-refractivity contribution in [3.8, 4) is 0 Å². The summed E-state index contributed by atoms with van der Waals surface area (Å²) in [6.45, 7) is 10.7. The Kier molecular flexibility index (Phi) is 9.42. The second kappa shape index (κ2) is 9.47. The summed E-state index contributed by atoms with van der Waals surface area (Å²) < 4.78 is 5.74. The Morgan fingerprint density at radius 1 is 1.07 bits per heavy atom. The van der Waals surface area contributed by atoms with E-state index in [2.05, 4.69) is 33.0 Å². The first kappa shape index (κ1) is 13.9. The first-order valence-corrected chi connectivity index (χ1v) is 6.07. The third kappa shape index (κ3) is 7.34. The topological polar surface area (TPSA) is 21.3 Å². The highest BCUT2D eigenvalue weighted by molar-refractivity contribution is 4.67. The molecule has 14 heavy (non-hydrogen) atoms. The summed E-state index contributed by atoms with van der Waals surface area (Å²) in [5.41, 5.74) is 0. The van der Waals surface area contributed by atoms with Crippen LogP contribution in [0.15, 0.2) is 0 Å². The fourth-order valence-corrected chi connectivity index (χ4v) is 1.30. The van der Waals surface area contributed by atoms with Crippen molar-refractivity contribution in [1.29, 1.82) is 0 Å². The Hall–Kier alpha value is -0.0800.